The number of hydrogen-bond acceptors (Lipinski definition) is 4. The van der Waals surface area contributed by atoms with Crippen LogP contribution in [0.1, 0.15) is 60.0 Å². The van der Waals surface area contributed by atoms with Gasteiger partial charge in [-0.1, -0.05) is 30.3 Å². The molecule has 0 radical (unpaired) electrons. The summed E-state index contributed by atoms with van der Waals surface area (Å²) in [6.45, 7) is 4.05. The Morgan fingerprint density at radius 1 is 0.935 bits per heavy atom. The van der Waals surface area contributed by atoms with Gasteiger partial charge in [0.2, 0.25) is 5.91 Å². The van der Waals surface area contributed by atoms with Crippen LogP contribution in [0.5, 0.6) is 0 Å². The van der Waals surface area contributed by atoms with Crippen molar-refractivity contribution in [3.63, 3.8) is 0 Å². The second kappa shape index (κ2) is 8.83. The van der Waals surface area contributed by atoms with Crippen LogP contribution < -0.4 is 0 Å². The van der Waals surface area contributed by atoms with E-state index in [2.05, 4.69) is 17.1 Å². The normalized spacial score (nSPS) is 22.3. The molecule has 2 saturated heterocycles. The monoisotopic (exact) mass is 422 g/mol. The van der Waals surface area contributed by atoms with E-state index in [0.717, 1.165) is 50.0 Å². The molecule has 1 atom stereocenters. The number of fused-ring (bicyclic) bond motifs is 1. The molecule has 5 rings (SSSR count). The average molecular weight is 423 g/mol. The van der Waals surface area contributed by atoms with Crippen molar-refractivity contribution >= 4 is 11.8 Å². The molecule has 0 N–H and O–H groups in total. The lowest BCUT2D eigenvalue weighted by Gasteiger charge is -2.35. The molecule has 0 aliphatic carbocycles. The Bertz CT molecular complexity index is 928. The van der Waals surface area contributed by atoms with Crippen LogP contribution in [0.15, 0.2) is 36.7 Å². The molecular formula is C24H30N4O3. The second-order valence-corrected chi connectivity index (χ2v) is 8.85. The molecule has 4 heterocycles. The van der Waals surface area contributed by atoms with Gasteiger partial charge in [-0.3, -0.25) is 9.59 Å². The first-order chi connectivity index (χ1) is 15.2. The molecule has 0 bridgehead atoms. The lowest BCUT2D eigenvalue weighted by atomic mass is 9.94. The maximum absolute atomic E-state index is 13.2. The van der Waals surface area contributed by atoms with Crippen LogP contribution in [0.2, 0.25) is 0 Å². The van der Waals surface area contributed by atoms with Crippen LogP contribution in [-0.4, -0.2) is 57.3 Å². The van der Waals surface area contributed by atoms with Crippen LogP contribution in [0, 0.1) is 5.92 Å². The number of aromatic nitrogens is 2. The van der Waals surface area contributed by atoms with Crippen molar-refractivity contribution in [1.82, 2.24) is 19.4 Å². The second-order valence-electron chi connectivity index (χ2n) is 8.85. The molecule has 7 heteroatoms. The Balaban J connectivity index is 1.20. The fraction of sp³-hybridized carbons (Fsp3) is 0.542. The highest BCUT2D eigenvalue weighted by molar-refractivity contribution is 5.93. The number of benzene rings is 1. The number of carbonyl (C=O) groups is 2. The van der Waals surface area contributed by atoms with Gasteiger partial charge in [-0.2, -0.15) is 0 Å². The first kappa shape index (κ1) is 20.2. The summed E-state index contributed by atoms with van der Waals surface area (Å²) in [5.41, 5.74) is 2.48. The summed E-state index contributed by atoms with van der Waals surface area (Å²) < 4.78 is 8.10. The van der Waals surface area contributed by atoms with E-state index in [1.807, 2.05) is 32.6 Å². The van der Waals surface area contributed by atoms with Crippen LogP contribution in [-0.2, 0) is 22.7 Å². The molecule has 3 aliphatic rings. The standard InChI is InChI=1S/C24H30N4O3/c29-23(26-11-5-2-6-12-26)19-9-13-27(14-10-19)24(30)22-20-16-31-21(15-28(20)17-25-22)18-7-3-1-4-8-18/h1,3-4,7-8,17,19,21H,2,5-6,9-16H2/t21-/m0/s1. The number of ether oxygens (including phenoxy) is 1. The predicted octanol–water partition coefficient (Wildman–Crippen LogP) is 3.02. The van der Waals surface area contributed by atoms with E-state index in [9.17, 15) is 9.59 Å². The van der Waals surface area contributed by atoms with Gasteiger partial charge >= 0.3 is 0 Å². The summed E-state index contributed by atoms with van der Waals surface area (Å²) in [4.78, 5) is 34.3. The van der Waals surface area contributed by atoms with E-state index in [0.29, 0.717) is 31.9 Å². The summed E-state index contributed by atoms with van der Waals surface area (Å²) in [5.74, 6) is 0.291. The maximum Gasteiger partial charge on any atom is 0.274 e. The molecule has 2 amide bonds. The Morgan fingerprint density at radius 2 is 1.68 bits per heavy atom. The number of rotatable bonds is 3. The molecule has 31 heavy (non-hydrogen) atoms. The summed E-state index contributed by atoms with van der Waals surface area (Å²) in [6, 6.07) is 10.1. The van der Waals surface area contributed by atoms with Crippen molar-refractivity contribution in [2.45, 2.75) is 51.4 Å². The third-order valence-corrected chi connectivity index (χ3v) is 6.90. The number of hydrogen-bond donors (Lipinski definition) is 0. The van der Waals surface area contributed by atoms with Gasteiger partial charge in [0.15, 0.2) is 5.69 Å². The van der Waals surface area contributed by atoms with E-state index >= 15 is 0 Å². The van der Waals surface area contributed by atoms with Crippen molar-refractivity contribution in [1.29, 1.82) is 0 Å². The molecule has 7 nitrogen and oxygen atoms in total. The first-order valence-electron chi connectivity index (χ1n) is 11.5. The third kappa shape index (κ3) is 4.11. The summed E-state index contributed by atoms with van der Waals surface area (Å²) in [7, 11) is 0. The van der Waals surface area contributed by atoms with Gasteiger partial charge in [0.05, 0.1) is 25.2 Å². The molecule has 0 saturated carbocycles. The highest BCUT2D eigenvalue weighted by atomic mass is 16.5. The molecular weight excluding hydrogens is 392 g/mol. The summed E-state index contributed by atoms with van der Waals surface area (Å²) in [6.07, 6.45) is 6.66. The number of carbonyl (C=O) groups excluding carboxylic acids is 2. The quantitative estimate of drug-likeness (QED) is 0.763. The van der Waals surface area contributed by atoms with Gasteiger partial charge in [-0.25, -0.2) is 4.98 Å². The smallest absolute Gasteiger partial charge is 0.274 e. The van der Waals surface area contributed by atoms with Crippen molar-refractivity contribution in [2.75, 3.05) is 26.2 Å². The van der Waals surface area contributed by atoms with Crippen molar-refractivity contribution in [2.24, 2.45) is 5.92 Å². The third-order valence-electron chi connectivity index (χ3n) is 6.90. The van der Waals surface area contributed by atoms with Gasteiger partial charge in [-0.15, -0.1) is 0 Å². The fourth-order valence-corrected chi connectivity index (χ4v) is 5.03. The van der Waals surface area contributed by atoms with Gasteiger partial charge in [0.1, 0.15) is 6.10 Å². The zero-order valence-corrected chi connectivity index (χ0v) is 17.9. The lowest BCUT2D eigenvalue weighted by molar-refractivity contribution is -0.137. The SMILES string of the molecule is O=C(c1ncn2c1CO[C@H](c1ccccc1)C2)N1CCC(C(=O)N2CCCCC2)CC1. The van der Waals surface area contributed by atoms with Crippen LogP contribution in [0.3, 0.4) is 0 Å². The summed E-state index contributed by atoms with van der Waals surface area (Å²) >= 11 is 0. The number of amides is 2. The molecule has 0 spiro atoms. The largest absolute Gasteiger partial charge is 0.365 e. The zero-order valence-electron chi connectivity index (χ0n) is 17.9. The highest BCUT2D eigenvalue weighted by Crippen LogP contribution is 2.29. The lowest BCUT2D eigenvalue weighted by Crippen LogP contribution is -2.46. The summed E-state index contributed by atoms with van der Waals surface area (Å²) in [5, 5.41) is 0. The van der Waals surface area contributed by atoms with Crippen LogP contribution >= 0.6 is 0 Å². The Hall–Kier alpha value is -2.67. The van der Waals surface area contributed by atoms with Crippen molar-refractivity contribution in [3.05, 3.63) is 53.6 Å². The topological polar surface area (TPSA) is 67.7 Å². The van der Waals surface area contributed by atoms with E-state index in [4.69, 9.17) is 4.74 Å². The van der Waals surface area contributed by atoms with Gasteiger partial charge in [-0.05, 0) is 37.7 Å². The molecule has 164 valence electrons. The molecule has 3 aliphatic heterocycles. The van der Waals surface area contributed by atoms with Crippen LogP contribution in [0.25, 0.3) is 0 Å². The van der Waals surface area contributed by atoms with Gasteiger partial charge in [0.25, 0.3) is 5.91 Å². The van der Waals surface area contributed by atoms with E-state index in [1.165, 1.54) is 6.42 Å². The maximum atomic E-state index is 13.2. The minimum atomic E-state index is -0.0422. The molecule has 1 aromatic heterocycles. The Morgan fingerprint density at radius 3 is 2.42 bits per heavy atom. The number of likely N-dealkylation sites (tertiary alicyclic amines) is 2. The number of nitrogens with zero attached hydrogens (tertiary/aromatic N) is 4. The molecule has 0 unspecified atom stereocenters. The molecule has 1 aromatic carbocycles. The van der Waals surface area contributed by atoms with Gasteiger partial charge in [0, 0.05) is 32.1 Å². The minimum Gasteiger partial charge on any atom is -0.365 e. The zero-order chi connectivity index (χ0) is 21.2. The van der Waals surface area contributed by atoms with E-state index < -0.39 is 0 Å². The molecule has 2 fully saturated rings. The van der Waals surface area contributed by atoms with E-state index in [1.54, 1.807) is 6.33 Å². The highest BCUT2D eigenvalue weighted by Gasteiger charge is 2.33. The van der Waals surface area contributed by atoms with Crippen LogP contribution in [0.4, 0.5) is 0 Å². The Kier molecular flexibility index (Phi) is 5.76. The number of imidazole rings is 1. The first-order valence-corrected chi connectivity index (χ1v) is 11.5. The van der Waals surface area contributed by atoms with Crippen molar-refractivity contribution in [3.8, 4) is 0 Å². The van der Waals surface area contributed by atoms with Gasteiger partial charge < -0.3 is 19.1 Å². The number of piperidine rings is 2. The predicted molar refractivity (Wildman–Crippen MR) is 115 cm³/mol. The van der Waals surface area contributed by atoms with E-state index in [-0.39, 0.29) is 23.8 Å². The van der Waals surface area contributed by atoms with Crippen molar-refractivity contribution < 1.29 is 14.3 Å². The Labute approximate surface area is 183 Å². The fourth-order valence-electron chi connectivity index (χ4n) is 5.03. The minimum absolute atomic E-state index is 0.0256. The average Bonchev–Trinajstić information content (AvgIpc) is 3.27. The molecule has 2 aromatic rings.